The SMILES string of the molecule is Cc1nc(-c2ccc(C(=O)Nc3ccc(N4CCC(N(C)C)C4)cc3F)cc2)cs1. The summed E-state index contributed by atoms with van der Waals surface area (Å²) in [5.74, 6) is -0.764. The molecule has 0 aliphatic carbocycles. The fourth-order valence-electron chi connectivity index (χ4n) is 3.68. The van der Waals surface area contributed by atoms with Crippen LogP contribution in [0.15, 0.2) is 47.8 Å². The van der Waals surface area contributed by atoms with Crippen LogP contribution in [0.1, 0.15) is 21.8 Å². The Bertz CT molecular complexity index is 1050. The lowest BCUT2D eigenvalue weighted by Crippen LogP contribution is -2.31. The van der Waals surface area contributed by atoms with E-state index in [4.69, 9.17) is 0 Å². The van der Waals surface area contributed by atoms with E-state index < -0.39 is 5.82 Å². The second-order valence-electron chi connectivity index (χ2n) is 7.80. The lowest BCUT2D eigenvalue weighted by Gasteiger charge is -2.22. The molecule has 1 saturated heterocycles. The van der Waals surface area contributed by atoms with Crippen LogP contribution in [0.5, 0.6) is 0 Å². The molecule has 5 nitrogen and oxygen atoms in total. The summed E-state index contributed by atoms with van der Waals surface area (Å²) in [6.07, 6.45) is 1.06. The Balaban J connectivity index is 1.43. The number of carbonyl (C=O) groups is 1. The highest BCUT2D eigenvalue weighted by atomic mass is 32.1. The normalized spacial score (nSPS) is 16.3. The third-order valence-electron chi connectivity index (χ3n) is 5.52. The van der Waals surface area contributed by atoms with Gasteiger partial charge in [-0.2, -0.15) is 0 Å². The smallest absolute Gasteiger partial charge is 0.255 e. The Hall–Kier alpha value is -2.77. The van der Waals surface area contributed by atoms with Crippen LogP contribution in [0.2, 0.25) is 0 Å². The van der Waals surface area contributed by atoms with E-state index in [0.29, 0.717) is 11.6 Å². The number of hydrogen-bond donors (Lipinski definition) is 1. The van der Waals surface area contributed by atoms with Gasteiger partial charge < -0.3 is 15.1 Å². The van der Waals surface area contributed by atoms with E-state index in [9.17, 15) is 9.18 Å². The Morgan fingerprint density at radius 2 is 2.00 bits per heavy atom. The van der Waals surface area contributed by atoms with Crippen LogP contribution < -0.4 is 10.2 Å². The average molecular weight is 425 g/mol. The fourth-order valence-corrected chi connectivity index (χ4v) is 4.30. The second kappa shape index (κ2) is 8.53. The molecule has 0 spiro atoms. The van der Waals surface area contributed by atoms with E-state index in [1.165, 1.54) is 6.07 Å². The van der Waals surface area contributed by atoms with Gasteiger partial charge in [-0.05, 0) is 57.8 Å². The third-order valence-corrected chi connectivity index (χ3v) is 6.30. The number of carbonyl (C=O) groups excluding carboxylic acids is 1. The number of anilines is 2. The van der Waals surface area contributed by atoms with Crippen LogP contribution in [0.4, 0.5) is 15.8 Å². The minimum absolute atomic E-state index is 0.186. The molecule has 2 heterocycles. The largest absolute Gasteiger partial charge is 0.370 e. The number of aryl methyl sites for hydroxylation is 1. The topological polar surface area (TPSA) is 48.5 Å². The summed E-state index contributed by atoms with van der Waals surface area (Å²) in [6.45, 7) is 3.74. The molecular formula is C23H25FN4OS. The van der Waals surface area contributed by atoms with Gasteiger partial charge in [0.25, 0.3) is 5.91 Å². The fraction of sp³-hybridized carbons (Fsp3) is 0.304. The molecule has 1 aliphatic rings. The molecule has 4 rings (SSSR count). The average Bonchev–Trinajstić information content (AvgIpc) is 3.39. The maximum Gasteiger partial charge on any atom is 0.255 e. The number of hydrogen-bond acceptors (Lipinski definition) is 5. The zero-order chi connectivity index (χ0) is 21.3. The number of nitrogens with one attached hydrogen (secondary N) is 1. The van der Waals surface area contributed by atoms with E-state index in [2.05, 4.69) is 34.2 Å². The van der Waals surface area contributed by atoms with Crippen molar-refractivity contribution >= 4 is 28.6 Å². The number of amides is 1. The molecule has 1 fully saturated rings. The summed E-state index contributed by atoms with van der Waals surface area (Å²) >= 11 is 1.59. The Morgan fingerprint density at radius 1 is 1.23 bits per heavy atom. The van der Waals surface area contributed by atoms with E-state index in [1.54, 1.807) is 29.5 Å². The first-order valence-electron chi connectivity index (χ1n) is 9.95. The van der Waals surface area contributed by atoms with Crippen molar-refractivity contribution < 1.29 is 9.18 Å². The summed E-state index contributed by atoms with van der Waals surface area (Å²) < 4.78 is 14.7. The molecule has 7 heteroatoms. The predicted octanol–water partition coefficient (Wildman–Crippen LogP) is 4.65. The Labute approximate surface area is 180 Å². The summed E-state index contributed by atoms with van der Waals surface area (Å²) in [4.78, 5) is 21.4. The molecule has 2 aromatic carbocycles. The van der Waals surface area contributed by atoms with Gasteiger partial charge in [-0.1, -0.05) is 12.1 Å². The van der Waals surface area contributed by atoms with E-state index >= 15 is 0 Å². The van der Waals surface area contributed by atoms with E-state index in [1.807, 2.05) is 30.5 Å². The molecule has 30 heavy (non-hydrogen) atoms. The lowest BCUT2D eigenvalue weighted by molar-refractivity contribution is 0.102. The summed E-state index contributed by atoms with van der Waals surface area (Å²) in [7, 11) is 4.13. The van der Waals surface area contributed by atoms with Crippen molar-refractivity contribution in [2.45, 2.75) is 19.4 Å². The quantitative estimate of drug-likeness (QED) is 0.648. The first-order valence-corrected chi connectivity index (χ1v) is 10.8. The second-order valence-corrected chi connectivity index (χ2v) is 8.86. The molecule has 1 aromatic heterocycles. The van der Waals surface area contributed by atoms with Crippen molar-refractivity contribution in [2.24, 2.45) is 0 Å². The zero-order valence-corrected chi connectivity index (χ0v) is 18.2. The minimum Gasteiger partial charge on any atom is -0.370 e. The van der Waals surface area contributed by atoms with Gasteiger partial charge in [-0.15, -0.1) is 11.3 Å². The number of aromatic nitrogens is 1. The summed E-state index contributed by atoms with van der Waals surface area (Å²) in [5, 5.41) is 5.67. The molecule has 1 unspecified atom stereocenters. The zero-order valence-electron chi connectivity index (χ0n) is 17.4. The highest BCUT2D eigenvalue weighted by Gasteiger charge is 2.24. The first kappa shape index (κ1) is 20.5. The molecule has 0 bridgehead atoms. The van der Waals surface area contributed by atoms with E-state index in [0.717, 1.165) is 41.5 Å². The third kappa shape index (κ3) is 4.37. The summed E-state index contributed by atoms with van der Waals surface area (Å²) in [6, 6.07) is 12.7. The predicted molar refractivity (Wildman–Crippen MR) is 121 cm³/mol. The number of rotatable bonds is 5. The van der Waals surface area contributed by atoms with Gasteiger partial charge in [0, 0.05) is 41.3 Å². The molecule has 1 atom stereocenters. The van der Waals surface area contributed by atoms with Crippen LogP contribution in [-0.4, -0.2) is 49.0 Å². The van der Waals surface area contributed by atoms with E-state index in [-0.39, 0.29) is 11.6 Å². The minimum atomic E-state index is -0.427. The number of thiazole rings is 1. The van der Waals surface area contributed by atoms with Crippen molar-refractivity contribution in [2.75, 3.05) is 37.4 Å². The molecule has 1 amide bonds. The van der Waals surface area contributed by atoms with Gasteiger partial charge in [-0.25, -0.2) is 9.37 Å². The van der Waals surface area contributed by atoms with Crippen LogP contribution >= 0.6 is 11.3 Å². The van der Waals surface area contributed by atoms with Gasteiger partial charge in [0.2, 0.25) is 0 Å². The highest BCUT2D eigenvalue weighted by molar-refractivity contribution is 7.09. The Kier molecular flexibility index (Phi) is 5.83. The Morgan fingerprint density at radius 3 is 2.60 bits per heavy atom. The molecule has 1 aliphatic heterocycles. The first-order chi connectivity index (χ1) is 14.4. The van der Waals surface area contributed by atoms with Gasteiger partial charge >= 0.3 is 0 Å². The van der Waals surface area contributed by atoms with Gasteiger partial charge in [-0.3, -0.25) is 4.79 Å². The number of nitrogens with zero attached hydrogens (tertiary/aromatic N) is 3. The molecular weight excluding hydrogens is 399 g/mol. The maximum absolute atomic E-state index is 14.7. The molecule has 0 saturated carbocycles. The standard InChI is InChI=1S/C23H25FN4OS/c1-15-25-22(14-30-15)16-4-6-17(7-5-16)23(29)26-21-9-8-18(12-20(21)24)28-11-10-19(13-28)27(2)3/h4-9,12,14,19H,10-11,13H2,1-3H3,(H,26,29). The molecule has 3 aromatic rings. The maximum atomic E-state index is 14.7. The van der Waals surface area contributed by atoms with Crippen molar-refractivity contribution in [1.82, 2.24) is 9.88 Å². The van der Waals surface area contributed by atoms with Crippen LogP contribution in [0.3, 0.4) is 0 Å². The van der Waals surface area contributed by atoms with Crippen LogP contribution in [0, 0.1) is 12.7 Å². The van der Waals surface area contributed by atoms with Gasteiger partial charge in [0.05, 0.1) is 16.4 Å². The highest BCUT2D eigenvalue weighted by Crippen LogP contribution is 2.27. The summed E-state index contributed by atoms with van der Waals surface area (Å²) in [5.41, 5.74) is 3.35. The van der Waals surface area contributed by atoms with Crippen molar-refractivity contribution in [3.8, 4) is 11.3 Å². The monoisotopic (exact) mass is 424 g/mol. The molecule has 156 valence electrons. The van der Waals surface area contributed by atoms with Crippen molar-refractivity contribution in [1.29, 1.82) is 0 Å². The number of benzene rings is 2. The van der Waals surface area contributed by atoms with Crippen LogP contribution in [-0.2, 0) is 0 Å². The van der Waals surface area contributed by atoms with Gasteiger partial charge in [0.1, 0.15) is 5.82 Å². The lowest BCUT2D eigenvalue weighted by atomic mass is 10.1. The molecule has 0 radical (unpaired) electrons. The van der Waals surface area contributed by atoms with Crippen LogP contribution in [0.25, 0.3) is 11.3 Å². The van der Waals surface area contributed by atoms with Crippen molar-refractivity contribution in [3.05, 3.63) is 64.2 Å². The number of likely N-dealkylation sites (N-methyl/N-ethyl adjacent to an activating group) is 1. The van der Waals surface area contributed by atoms with Gasteiger partial charge in [0.15, 0.2) is 0 Å². The molecule has 1 N–H and O–H groups in total. The van der Waals surface area contributed by atoms with Crippen molar-refractivity contribution in [3.63, 3.8) is 0 Å². The number of halogens is 1.